The van der Waals surface area contributed by atoms with Crippen LogP contribution >= 0.6 is 0 Å². The van der Waals surface area contributed by atoms with Crippen LogP contribution < -0.4 is 30.2 Å². The van der Waals surface area contributed by atoms with E-state index < -0.39 is 0 Å². The number of nitrogens with zero attached hydrogens (tertiary/aromatic N) is 2. The Hall–Kier alpha value is -3.75. The van der Waals surface area contributed by atoms with Gasteiger partial charge < -0.3 is 30.2 Å². The molecule has 1 aliphatic carbocycles. The Balaban J connectivity index is 1.33. The molecule has 2 amide bonds. The summed E-state index contributed by atoms with van der Waals surface area (Å²) in [5, 5.41) is 10.1. The van der Waals surface area contributed by atoms with Crippen LogP contribution in [-0.4, -0.2) is 48.9 Å². The summed E-state index contributed by atoms with van der Waals surface area (Å²) in [5.41, 5.74) is 1.45. The summed E-state index contributed by atoms with van der Waals surface area (Å²) in [6.45, 7) is 2.52. The lowest BCUT2D eigenvalue weighted by Crippen LogP contribution is -2.41. The molecular formula is C26H33N5O4. The zero-order chi connectivity index (χ0) is 24.6. The predicted octanol–water partition coefficient (Wildman–Crippen LogP) is 4.98. The zero-order valence-electron chi connectivity index (χ0n) is 20.5. The van der Waals surface area contributed by atoms with Gasteiger partial charge in [-0.3, -0.25) is 0 Å². The van der Waals surface area contributed by atoms with Gasteiger partial charge in [0.1, 0.15) is 17.9 Å². The van der Waals surface area contributed by atoms with Crippen molar-refractivity contribution in [1.29, 1.82) is 0 Å². The van der Waals surface area contributed by atoms with Gasteiger partial charge in [-0.2, -0.15) is 0 Å². The highest BCUT2D eigenvalue weighted by Crippen LogP contribution is 2.33. The number of methoxy groups -OCH3 is 2. The van der Waals surface area contributed by atoms with Crippen LogP contribution in [0.2, 0.25) is 0 Å². The second kappa shape index (κ2) is 11.6. The second-order valence-corrected chi connectivity index (χ2v) is 8.58. The molecule has 0 aliphatic heterocycles. The highest BCUT2D eigenvalue weighted by molar-refractivity contribution is 5.92. The molecule has 0 bridgehead atoms. The number of anilines is 2. The number of nitrogens with one attached hydrogen (secondary N) is 3. The second-order valence-electron chi connectivity index (χ2n) is 8.58. The van der Waals surface area contributed by atoms with Gasteiger partial charge in [0.2, 0.25) is 0 Å². The fourth-order valence-electron chi connectivity index (χ4n) is 4.21. The van der Waals surface area contributed by atoms with Crippen LogP contribution in [0.4, 0.5) is 16.3 Å². The topological polar surface area (TPSA) is 107 Å². The number of benzene rings is 2. The van der Waals surface area contributed by atoms with Crippen molar-refractivity contribution < 1.29 is 19.0 Å². The fraction of sp³-hybridized carbons (Fsp3) is 0.423. The molecule has 3 N–H and O–H groups in total. The first kappa shape index (κ1) is 24.4. The molecule has 0 radical (unpaired) electrons. The van der Waals surface area contributed by atoms with Crippen LogP contribution in [0, 0.1) is 0 Å². The standard InChI is InChI=1S/C26H33N5O4/c1-4-17(15-27-25-21-13-23(33-2)24(34-3)14-22(21)28-16-29-25)30-26(32)31-18-9-11-20(12-10-18)35-19-7-5-6-8-19/h9-14,16-17,19H,4-8,15H2,1-3H3,(H,27,28,29)(H2,30,31,32). The Bertz CT molecular complexity index is 1130. The molecule has 35 heavy (non-hydrogen) atoms. The third-order valence-corrected chi connectivity index (χ3v) is 6.20. The smallest absolute Gasteiger partial charge is 0.319 e. The quantitative estimate of drug-likeness (QED) is 0.376. The van der Waals surface area contributed by atoms with E-state index in [1.807, 2.05) is 43.3 Å². The van der Waals surface area contributed by atoms with Crippen molar-refractivity contribution in [2.75, 3.05) is 31.4 Å². The van der Waals surface area contributed by atoms with E-state index >= 15 is 0 Å². The summed E-state index contributed by atoms with van der Waals surface area (Å²) in [6, 6.07) is 10.8. The fourth-order valence-corrected chi connectivity index (χ4v) is 4.21. The van der Waals surface area contributed by atoms with Crippen molar-refractivity contribution >= 4 is 28.4 Å². The van der Waals surface area contributed by atoms with Crippen LogP contribution in [-0.2, 0) is 0 Å². The van der Waals surface area contributed by atoms with Crippen LogP contribution in [0.1, 0.15) is 39.0 Å². The number of urea groups is 1. The van der Waals surface area contributed by atoms with Gasteiger partial charge in [0.05, 0.1) is 25.8 Å². The number of hydrogen-bond donors (Lipinski definition) is 3. The molecule has 4 rings (SSSR count). The normalized spacial score (nSPS) is 14.4. The number of amides is 2. The van der Waals surface area contributed by atoms with E-state index in [1.165, 1.54) is 19.2 Å². The van der Waals surface area contributed by atoms with Gasteiger partial charge in [-0.15, -0.1) is 0 Å². The van der Waals surface area contributed by atoms with Crippen molar-refractivity contribution in [3.8, 4) is 17.2 Å². The minimum absolute atomic E-state index is 0.106. The van der Waals surface area contributed by atoms with E-state index in [2.05, 4.69) is 25.9 Å². The Morgan fingerprint density at radius 1 is 1.06 bits per heavy atom. The molecule has 1 saturated carbocycles. The number of rotatable bonds is 10. The first-order chi connectivity index (χ1) is 17.1. The van der Waals surface area contributed by atoms with Crippen molar-refractivity contribution in [3.05, 3.63) is 42.7 Å². The molecule has 0 spiro atoms. The predicted molar refractivity (Wildman–Crippen MR) is 137 cm³/mol. The molecule has 0 saturated heterocycles. The van der Waals surface area contributed by atoms with E-state index in [9.17, 15) is 4.79 Å². The van der Waals surface area contributed by atoms with E-state index in [0.717, 1.165) is 35.9 Å². The summed E-state index contributed by atoms with van der Waals surface area (Å²) >= 11 is 0. The van der Waals surface area contributed by atoms with E-state index in [-0.39, 0.29) is 12.1 Å². The molecule has 1 unspecified atom stereocenters. The molecule has 1 aromatic heterocycles. The number of fused-ring (bicyclic) bond motifs is 1. The third-order valence-electron chi connectivity index (χ3n) is 6.20. The lowest BCUT2D eigenvalue weighted by atomic mass is 10.2. The highest BCUT2D eigenvalue weighted by Gasteiger charge is 2.17. The maximum Gasteiger partial charge on any atom is 0.319 e. The maximum atomic E-state index is 12.6. The average molecular weight is 480 g/mol. The summed E-state index contributed by atoms with van der Waals surface area (Å²) in [5.74, 6) is 2.70. The van der Waals surface area contributed by atoms with Crippen molar-refractivity contribution in [2.45, 2.75) is 51.2 Å². The number of ether oxygens (including phenoxy) is 3. The van der Waals surface area contributed by atoms with Gasteiger partial charge in [-0.25, -0.2) is 14.8 Å². The van der Waals surface area contributed by atoms with Gasteiger partial charge in [-0.1, -0.05) is 6.92 Å². The zero-order valence-corrected chi connectivity index (χ0v) is 20.5. The molecule has 186 valence electrons. The summed E-state index contributed by atoms with van der Waals surface area (Å²) < 4.78 is 16.8. The van der Waals surface area contributed by atoms with E-state index in [4.69, 9.17) is 14.2 Å². The average Bonchev–Trinajstić information content (AvgIpc) is 3.39. The molecule has 9 nitrogen and oxygen atoms in total. The monoisotopic (exact) mass is 479 g/mol. The van der Waals surface area contributed by atoms with Gasteiger partial charge in [0, 0.05) is 29.7 Å². The Morgan fingerprint density at radius 3 is 2.46 bits per heavy atom. The molecular weight excluding hydrogens is 446 g/mol. The highest BCUT2D eigenvalue weighted by atomic mass is 16.5. The molecule has 1 atom stereocenters. The summed E-state index contributed by atoms with van der Waals surface area (Å²) in [7, 11) is 3.18. The van der Waals surface area contributed by atoms with Crippen molar-refractivity contribution in [3.63, 3.8) is 0 Å². The van der Waals surface area contributed by atoms with Crippen LogP contribution in [0.5, 0.6) is 17.2 Å². The van der Waals surface area contributed by atoms with Gasteiger partial charge in [0.15, 0.2) is 11.5 Å². The van der Waals surface area contributed by atoms with Crippen LogP contribution in [0.25, 0.3) is 10.9 Å². The van der Waals surface area contributed by atoms with Gasteiger partial charge >= 0.3 is 6.03 Å². The number of carbonyl (C=O) groups is 1. The van der Waals surface area contributed by atoms with Crippen LogP contribution in [0.3, 0.4) is 0 Å². The van der Waals surface area contributed by atoms with Gasteiger partial charge in [-0.05, 0) is 62.4 Å². The SMILES string of the molecule is CCC(CNc1ncnc2cc(OC)c(OC)cc12)NC(=O)Nc1ccc(OC2CCCC2)cc1. The number of hydrogen-bond acceptors (Lipinski definition) is 7. The van der Waals surface area contributed by atoms with Crippen LogP contribution in [0.15, 0.2) is 42.7 Å². The Morgan fingerprint density at radius 2 is 1.77 bits per heavy atom. The first-order valence-electron chi connectivity index (χ1n) is 12.0. The number of aromatic nitrogens is 2. The first-order valence-corrected chi connectivity index (χ1v) is 12.0. The van der Waals surface area contributed by atoms with Gasteiger partial charge in [0.25, 0.3) is 0 Å². The Kier molecular flexibility index (Phi) is 8.07. The molecule has 1 heterocycles. The van der Waals surface area contributed by atoms with Crippen molar-refractivity contribution in [2.24, 2.45) is 0 Å². The maximum absolute atomic E-state index is 12.6. The summed E-state index contributed by atoms with van der Waals surface area (Å²) in [4.78, 5) is 21.3. The largest absolute Gasteiger partial charge is 0.493 e. The molecule has 2 aromatic carbocycles. The van der Waals surface area contributed by atoms with Crippen molar-refractivity contribution in [1.82, 2.24) is 15.3 Å². The molecule has 9 heteroatoms. The molecule has 3 aromatic rings. The summed E-state index contributed by atoms with van der Waals surface area (Å²) in [6.07, 6.45) is 7.24. The Labute approximate surface area is 205 Å². The molecule has 1 aliphatic rings. The number of carbonyl (C=O) groups excluding carboxylic acids is 1. The van der Waals surface area contributed by atoms with E-state index in [0.29, 0.717) is 35.7 Å². The minimum Gasteiger partial charge on any atom is -0.493 e. The minimum atomic E-state index is -0.262. The lowest BCUT2D eigenvalue weighted by molar-refractivity contribution is 0.210. The molecule has 1 fully saturated rings. The third kappa shape index (κ3) is 6.23. The lowest BCUT2D eigenvalue weighted by Gasteiger charge is -2.19. The van der Waals surface area contributed by atoms with E-state index in [1.54, 1.807) is 14.2 Å².